The molecule has 0 spiro atoms. The molecule has 25 heavy (non-hydrogen) atoms. The van der Waals surface area contributed by atoms with E-state index in [1.165, 1.54) is 0 Å². The zero-order valence-corrected chi connectivity index (χ0v) is 16.4. The summed E-state index contributed by atoms with van der Waals surface area (Å²) in [6.07, 6.45) is -0.0233. The van der Waals surface area contributed by atoms with Crippen LogP contribution in [-0.4, -0.2) is 84.8 Å². The van der Waals surface area contributed by atoms with Crippen LogP contribution in [0.5, 0.6) is 0 Å². The van der Waals surface area contributed by atoms with Crippen molar-refractivity contribution in [3.05, 3.63) is 0 Å². The first-order valence-corrected chi connectivity index (χ1v) is 10.1. The predicted octanol–water partition coefficient (Wildman–Crippen LogP) is 1.24. The summed E-state index contributed by atoms with van der Waals surface area (Å²) in [6, 6.07) is 0. The van der Waals surface area contributed by atoms with Crippen molar-refractivity contribution < 1.29 is 23.8 Å². The topological polar surface area (TPSA) is 51.2 Å². The molecule has 4 heterocycles. The molecule has 5 aliphatic rings. The van der Waals surface area contributed by atoms with Gasteiger partial charge < -0.3 is 23.8 Å². The van der Waals surface area contributed by atoms with Crippen LogP contribution in [0.4, 0.5) is 0 Å². The van der Waals surface area contributed by atoms with Gasteiger partial charge in [0, 0.05) is 19.6 Å². The molecule has 0 aromatic rings. The zero-order valence-electron chi connectivity index (χ0n) is 16.4. The maximum absolute atomic E-state index is 11.3. The monoisotopic (exact) mass is 355 g/mol. The van der Waals surface area contributed by atoms with E-state index in [9.17, 15) is 5.11 Å². The van der Waals surface area contributed by atoms with Gasteiger partial charge in [0.2, 0.25) is 0 Å². The van der Waals surface area contributed by atoms with Gasteiger partial charge in [-0.3, -0.25) is 0 Å². The summed E-state index contributed by atoms with van der Waals surface area (Å²) in [5, 5.41) is 11.3. The van der Waals surface area contributed by atoms with Crippen molar-refractivity contribution in [2.75, 3.05) is 39.8 Å². The summed E-state index contributed by atoms with van der Waals surface area (Å²) in [5.41, 5.74) is -0.584. The average Bonchev–Trinajstić information content (AvgIpc) is 3.14. The quantitative estimate of drug-likeness (QED) is 0.752. The maximum Gasteiger partial charge on any atom is 0.178 e. The molecule has 1 N–H and O–H groups in total. The number of methoxy groups -OCH3 is 1. The Bertz CT molecular complexity index is 514. The van der Waals surface area contributed by atoms with Crippen molar-refractivity contribution in [3.63, 3.8) is 0 Å². The molecule has 7 unspecified atom stereocenters. The molecule has 1 aliphatic carbocycles. The molecule has 1 saturated carbocycles. The Labute approximate surface area is 151 Å². The zero-order chi connectivity index (χ0) is 18.0. The van der Waals surface area contributed by atoms with E-state index < -0.39 is 11.7 Å². The normalized spacial score (nSPS) is 51.4. The summed E-state index contributed by atoms with van der Waals surface area (Å²) in [7, 11) is 1.73. The molecular weight excluding hydrogens is 320 g/mol. The highest BCUT2D eigenvalue weighted by Crippen LogP contribution is 2.61. The summed E-state index contributed by atoms with van der Waals surface area (Å²) < 4.78 is 19.5. The molecule has 4 aliphatic heterocycles. The fourth-order valence-corrected chi connectivity index (χ4v) is 6.59. The van der Waals surface area contributed by atoms with Crippen LogP contribution in [0.15, 0.2) is 0 Å². The lowest BCUT2D eigenvalue weighted by atomic mass is 9.72. The van der Waals surface area contributed by atoms with Crippen LogP contribution >= 0.6 is 0 Å². The van der Waals surface area contributed by atoms with Crippen molar-refractivity contribution in [1.29, 1.82) is 0 Å². The van der Waals surface area contributed by atoms with E-state index in [2.05, 4.69) is 32.6 Å². The molecule has 6 nitrogen and oxygen atoms in total. The number of likely N-dealkylation sites (N-methyl/N-ethyl adjacent to an activating group) is 2. The van der Waals surface area contributed by atoms with Gasteiger partial charge in [-0.1, -0.05) is 13.8 Å². The average molecular weight is 355 g/mol. The Kier molecular flexibility index (Phi) is 4.46. The van der Waals surface area contributed by atoms with Gasteiger partial charge in [0.05, 0.1) is 38.2 Å². The molecule has 5 rings (SSSR count). The van der Waals surface area contributed by atoms with Gasteiger partial charge in [0.25, 0.3) is 0 Å². The number of rotatable bonds is 5. The van der Waals surface area contributed by atoms with Gasteiger partial charge in [-0.25, -0.2) is 4.90 Å². The minimum absolute atomic E-state index is 0.0975. The number of hydrogen-bond acceptors (Lipinski definition) is 5. The van der Waals surface area contributed by atoms with Gasteiger partial charge in [-0.05, 0) is 26.2 Å². The van der Waals surface area contributed by atoms with Crippen molar-refractivity contribution in [1.82, 2.24) is 4.90 Å². The predicted molar refractivity (Wildman–Crippen MR) is 93.5 cm³/mol. The van der Waals surface area contributed by atoms with Gasteiger partial charge in [0.15, 0.2) is 24.3 Å². The number of fused-ring (bicyclic) bond motifs is 1. The maximum atomic E-state index is 11.3. The Morgan fingerprint density at radius 3 is 2.60 bits per heavy atom. The van der Waals surface area contributed by atoms with E-state index in [1.807, 2.05) is 0 Å². The minimum Gasteiger partial charge on any atom is -0.390 e. The highest BCUT2D eigenvalue weighted by molar-refractivity contribution is 5.16. The summed E-state index contributed by atoms with van der Waals surface area (Å²) in [6.45, 7) is 14.3. The largest absolute Gasteiger partial charge is 0.390 e. The second-order valence-corrected chi connectivity index (χ2v) is 8.46. The van der Waals surface area contributed by atoms with Gasteiger partial charge in [-0.15, -0.1) is 0 Å². The molecule has 5 fully saturated rings. The second-order valence-electron chi connectivity index (χ2n) is 8.46. The first-order chi connectivity index (χ1) is 12.0. The number of quaternary nitrogens is 1. The number of nitrogens with zero attached hydrogens (tertiary/aromatic N) is 2. The minimum atomic E-state index is -0.584. The Hall–Kier alpha value is -0.240. The first-order valence-electron chi connectivity index (χ1n) is 10.1. The summed E-state index contributed by atoms with van der Waals surface area (Å²) in [5.74, 6) is 0.811. The Morgan fingerprint density at radius 2 is 2.00 bits per heavy atom. The summed E-state index contributed by atoms with van der Waals surface area (Å²) in [4.78, 5) is 2.54. The van der Waals surface area contributed by atoms with Crippen LogP contribution in [0.3, 0.4) is 0 Å². The first kappa shape index (κ1) is 18.1. The fraction of sp³-hybridized carbons (Fsp3) is 1.00. The third-order valence-corrected chi connectivity index (χ3v) is 7.98. The van der Waals surface area contributed by atoms with E-state index >= 15 is 0 Å². The van der Waals surface area contributed by atoms with Crippen molar-refractivity contribution >= 4 is 0 Å². The van der Waals surface area contributed by atoms with Gasteiger partial charge in [-0.2, -0.15) is 0 Å². The van der Waals surface area contributed by atoms with E-state index in [-0.39, 0.29) is 24.7 Å². The van der Waals surface area contributed by atoms with Crippen LogP contribution in [0.2, 0.25) is 0 Å². The van der Waals surface area contributed by atoms with Crippen LogP contribution in [-0.2, 0) is 14.2 Å². The lowest BCUT2D eigenvalue weighted by Crippen LogP contribution is -2.76. The van der Waals surface area contributed by atoms with Crippen molar-refractivity contribution in [2.24, 2.45) is 17.8 Å². The molecule has 4 saturated heterocycles. The van der Waals surface area contributed by atoms with Crippen LogP contribution in [0.1, 0.15) is 34.1 Å². The lowest BCUT2D eigenvalue weighted by molar-refractivity contribution is -0.951. The molecule has 144 valence electrons. The molecular formula is C19H35N2O4+. The molecule has 6 heteroatoms. The fourth-order valence-electron chi connectivity index (χ4n) is 6.59. The molecule has 0 aromatic heterocycles. The van der Waals surface area contributed by atoms with Gasteiger partial charge >= 0.3 is 0 Å². The number of hydrogen-bond donors (Lipinski definition) is 1. The number of ether oxygens (including phenoxy) is 3. The summed E-state index contributed by atoms with van der Waals surface area (Å²) >= 11 is 0. The highest BCUT2D eigenvalue weighted by Gasteiger charge is 2.76. The molecule has 0 amide bonds. The third-order valence-electron chi connectivity index (χ3n) is 7.98. The molecule has 0 aromatic carbocycles. The third kappa shape index (κ3) is 2.13. The van der Waals surface area contributed by atoms with Gasteiger partial charge in [0.1, 0.15) is 0 Å². The van der Waals surface area contributed by atoms with E-state index in [0.717, 1.165) is 43.6 Å². The van der Waals surface area contributed by atoms with Crippen molar-refractivity contribution in [3.8, 4) is 0 Å². The molecule has 4 bridgehead atoms. The molecule has 8 atom stereocenters. The SMILES string of the molecule is CCN1CC[N+](CC)(CC)C1C12OC3OC(OC)C1C(C[C@H]2O)C3C. The van der Waals surface area contributed by atoms with Crippen LogP contribution in [0.25, 0.3) is 0 Å². The standard InChI is InChI=1S/C19H35N2O4/c1-6-20-9-10-21(7-2,8-3)18(20)19-14(22)11-13-12(4)16(25-19)24-17(23-5)15(13)19/h12-18,22H,6-11H2,1-5H3/q+1/t12?,13?,14-,15?,16?,17?,18?,19?/m1/s1. The van der Waals surface area contributed by atoms with Crippen molar-refractivity contribution in [2.45, 2.75) is 64.6 Å². The highest BCUT2D eigenvalue weighted by atomic mass is 16.8. The molecule has 0 radical (unpaired) electrons. The Morgan fingerprint density at radius 1 is 1.28 bits per heavy atom. The second kappa shape index (κ2) is 6.14. The van der Waals surface area contributed by atoms with E-state index in [4.69, 9.17) is 14.2 Å². The van der Waals surface area contributed by atoms with Crippen LogP contribution in [0, 0.1) is 17.8 Å². The lowest BCUT2D eigenvalue weighted by Gasteiger charge is -2.60. The van der Waals surface area contributed by atoms with E-state index in [0.29, 0.717) is 11.8 Å². The van der Waals surface area contributed by atoms with E-state index in [1.54, 1.807) is 7.11 Å². The van der Waals surface area contributed by atoms with Crippen LogP contribution < -0.4 is 0 Å². The smallest absolute Gasteiger partial charge is 0.178 e. The number of aliphatic hydroxyl groups excluding tert-OH is 1. The Balaban J connectivity index is 1.84. The number of aliphatic hydroxyl groups is 1.